The molecule has 2 N–H and O–H groups in total. The fraction of sp³-hybridized carbons (Fsp3) is 0.421. The third kappa shape index (κ3) is 5.08. The van der Waals surface area contributed by atoms with E-state index < -0.39 is 0 Å². The van der Waals surface area contributed by atoms with Crippen LogP contribution in [0.25, 0.3) is 10.8 Å². The van der Waals surface area contributed by atoms with E-state index in [1.54, 1.807) is 0 Å². The first-order valence-electron chi connectivity index (χ1n) is 8.39. The molecule has 2 aromatic rings. The van der Waals surface area contributed by atoms with E-state index >= 15 is 0 Å². The quantitative estimate of drug-likeness (QED) is 0.851. The van der Waals surface area contributed by atoms with E-state index in [4.69, 9.17) is 0 Å². The zero-order chi connectivity index (χ0) is 16.2. The van der Waals surface area contributed by atoms with Crippen molar-refractivity contribution >= 4 is 41.5 Å². The van der Waals surface area contributed by atoms with Crippen LogP contribution in [0.1, 0.15) is 25.5 Å². The van der Waals surface area contributed by atoms with Crippen LogP contribution in [-0.2, 0) is 4.79 Å². The molecule has 1 saturated heterocycles. The topological polar surface area (TPSA) is 44.4 Å². The first-order chi connectivity index (χ1) is 11.2. The van der Waals surface area contributed by atoms with Gasteiger partial charge in [0.05, 0.1) is 12.1 Å². The maximum atomic E-state index is 12.6. The van der Waals surface area contributed by atoms with Crippen molar-refractivity contribution < 1.29 is 4.79 Å². The summed E-state index contributed by atoms with van der Waals surface area (Å²) in [5, 5.41) is 8.92. The predicted molar refractivity (Wildman–Crippen MR) is 109 cm³/mol. The summed E-state index contributed by atoms with van der Waals surface area (Å²) in [6.07, 6.45) is 0. The number of carbonyl (C=O) groups is 1. The largest absolute Gasteiger partial charge is 0.348 e. The van der Waals surface area contributed by atoms with Crippen LogP contribution in [0, 0.1) is 0 Å². The average Bonchev–Trinajstić information content (AvgIpc) is 2.61. The lowest BCUT2D eigenvalue weighted by molar-refractivity contribution is -0.126. The summed E-state index contributed by atoms with van der Waals surface area (Å²) in [5.74, 6) is 0.104. The molecule has 6 heteroatoms. The Morgan fingerprint density at radius 2 is 1.68 bits per heavy atom. The fourth-order valence-electron chi connectivity index (χ4n) is 3.28. The fourth-order valence-corrected chi connectivity index (χ4v) is 3.28. The molecule has 0 bridgehead atoms. The predicted octanol–water partition coefficient (Wildman–Crippen LogP) is 3.15. The lowest BCUT2D eigenvalue weighted by Gasteiger charge is -2.32. The minimum atomic E-state index is -0.0884. The Balaban J connectivity index is 0.00000156. The maximum absolute atomic E-state index is 12.6. The van der Waals surface area contributed by atoms with Gasteiger partial charge in [-0.1, -0.05) is 42.5 Å². The van der Waals surface area contributed by atoms with Crippen LogP contribution in [-0.4, -0.2) is 43.0 Å². The van der Waals surface area contributed by atoms with Crippen molar-refractivity contribution in [3.8, 4) is 0 Å². The van der Waals surface area contributed by atoms with E-state index in [-0.39, 0.29) is 42.8 Å². The van der Waals surface area contributed by atoms with Gasteiger partial charge in [-0.25, -0.2) is 0 Å². The van der Waals surface area contributed by atoms with E-state index in [1.807, 2.05) is 19.1 Å². The van der Waals surface area contributed by atoms with Crippen LogP contribution in [0.5, 0.6) is 0 Å². The lowest BCUT2D eigenvalue weighted by atomic mass is 9.99. The number of hydrogen-bond donors (Lipinski definition) is 2. The smallest absolute Gasteiger partial charge is 0.237 e. The highest BCUT2D eigenvalue weighted by atomic mass is 35.5. The maximum Gasteiger partial charge on any atom is 0.237 e. The zero-order valence-electron chi connectivity index (χ0n) is 14.7. The summed E-state index contributed by atoms with van der Waals surface area (Å²) in [5.41, 5.74) is 1.17. The minimum Gasteiger partial charge on any atom is -0.348 e. The molecule has 25 heavy (non-hydrogen) atoms. The van der Waals surface area contributed by atoms with Gasteiger partial charge in [0.15, 0.2) is 0 Å². The van der Waals surface area contributed by atoms with Crippen LogP contribution < -0.4 is 10.6 Å². The molecular formula is C19H27Cl2N3O. The number of carbonyl (C=O) groups excluding carboxylic acids is 1. The molecule has 3 rings (SSSR count). The van der Waals surface area contributed by atoms with Gasteiger partial charge in [-0.2, -0.15) is 0 Å². The first kappa shape index (κ1) is 21.7. The van der Waals surface area contributed by atoms with Crippen molar-refractivity contribution in [2.24, 2.45) is 0 Å². The number of fused-ring (bicyclic) bond motifs is 1. The molecule has 1 aliphatic heterocycles. The highest BCUT2D eigenvalue weighted by Gasteiger charge is 2.24. The van der Waals surface area contributed by atoms with Gasteiger partial charge in [-0.05, 0) is 30.2 Å². The number of hydrogen-bond acceptors (Lipinski definition) is 3. The van der Waals surface area contributed by atoms with Gasteiger partial charge in [-0.15, -0.1) is 24.8 Å². The molecule has 0 aromatic heterocycles. The Labute approximate surface area is 162 Å². The van der Waals surface area contributed by atoms with Crippen molar-refractivity contribution in [1.82, 2.24) is 15.5 Å². The summed E-state index contributed by atoms with van der Waals surface area (Å²) in [7, 11) is 0. The van der Waals surface area contributed by atoms with Crippen molar-refractivity contribution in [2.75, 3.05) is 26.2 Å². The number of nitrogens with one attached hydrogen (secondary N) is 2. The van der Waals surface area contributed by atoms with Crippen LogP contribution in [0.4, 0.5) is 0 Å². The van der Waals surface area contributed by atoms with Crippen molar-refractivity contribution in [1.29, 1.82) is 0 Å². The molecule has 0 saturated carbocycles. The van der Waals surface area contributed by atoms with Crippen LogP contribution in [0.3, 0.4) is 0 Å². The summed E-state index contributed by atoms with van der Waals surface area (Å²) in [4.78, 5) is 14.8. The molecule has 0 radical (unpaired) electrons. The van der Waals surface area contributed by atoms with Gasteiger partial charge >= 0.3 is 0 Å². The summed E-state index contributed by atoms with van der Waals surface area (Å²) < 4.78 is 0. The third-order valence-electron chi connectivity index (χ3n) is 4.73. The summed E-state index contributed by atoms with van der Waals surface area (Å²) >= 11 is 0. The Bertz CT molecular complexity index is 684. The Hall–Kier alpha value is -1.33. The molecule has 1 heterocycles. The van der Waals surface area contributed by atoms with Gasteiger partial charge in [0, 0.05) is 26.2 Å². The Morgan fingerprint density at radius 1 is 1.04 bits per heavy atom. The van der Waals surface area contributed by atoms with E-state index in [2.05, 4.69) is 52.8 Å². The molecule has 2 aromatic carbocycles. The van der Waals surface area contributed by atoms with Crippen LogP contribution in [0.15, 0.2) is 42.5 Å². The number of benzene rings is 2. The summed E-state index contributed by atoms with van der Waals surface area (Å²) in [6.45, 7) is 7.82. The molecule has 138 valence electrons. The second-order valence-electron chi connectivity index (χ2n) is 6.26. The van der Waals surface area contributed by atoms with Gasteiger partial charge in [0.25, 0.3) is 0 Å². The van der Waals surface area contributed by atoms with Gasteiger partial charge in [-0.3, -0.25) is 9.69 Å². The molecular weight excluding hydrogens is 357 g/mol. The van der Waals surface area contributed by atoms with Crippen molar-refractivity contribution in [3.05, 3.63) is 48.0 Å². The number of halogens is 2. The normalized spacial score (nSPS) is 17.0. The Kier molecular flexibility index (Phi) is 8.66. The molecule has 0 spiro atoms. The van der Waals surface area contributed by atoms with Gasteiger partial charge < -0.3 is 10.6 Å². The average molecular weight is 384 g/mol. The van der Waals surface area contributed by atoms with Crippen LogP contribution in [0.2, 0.25) is 0 Å². The highest BCUT2D eigenvalue weighted by molar-refractivity contribution is 5.87. The molecule has 2 atom stereocenters. The molecule has 1 amide bonds. The van der Waals surface area contributed by atoms with E-state index in [0.717, 1.165) is 26.2 Å². The van der Waals surface area contributed by atoms with Gasteiger partial charge in [0.2, 0.25) is 5.91 Å². The molecule has 2 unspecified atom stereocenters. The minimum absolute atomic E-state index is 0. The van der Waals surface area contributed by atoms with Crippen LogP contribution >= 0.6 is 24.8 Å². The first-order valence-corrected chi connectivity index (χ1v) is 8.39. The lowest BCUT2D eigenvalue weighted by Crippen LogP contribution is -2.52. The third-order valence-corrected chi connectivity index (χ3v) is 4.73. The second kappa shape index (κ2) is 9.97. The number of rotatable bonds is 4. The van der Waals surface area contributed by atoms with E-state index in [1.165, 1.54) is 16.3 Å². The van der Waals surface area contributed by atoms with E-state index in [9.17, 15) is 4.79 Å². The number of nitrogens with zero attached hydrogens (tertiary/aromatic N) is 1. The highest BCUT2D eigenvalue weighted by Crippen LogP contribution is 2.24. The summed E-state index contributed by atoms with van der Waals surface area (Å²) in [6, 6.07) is 14.5. The van der Waals surface area contributed by atoms with E-state index in [0.29, 0.717) is 0 Å². The zero-order valence-corrected chi connectivity index (χ0v) is 16.3. The SMILES string of the molecule is CC(NC(=O)C(C)N1CCNCC1)c1cccc2ccccc12.Cl.Cl. The Morgan fingerprint density at radius 3 is 2.40 bits per heavy atom. The number of amides is 1. The standard InChI is InChI=1S/C19H25N3O.2ClH/c1-14(17-9-5-7-16-6-3-4-8-18(16)17)21-19(23)15(2)22-12-10-20-11-13-22;;/h3-9,14-15,20H,10-13H2,1-2H3,(H,21,23);2*1H. The molecule has 1 aliphatic rings. The molecule has 4 nitrogen and oxygen atoms in total. The molecule has 1 fully saturated rings. The molecule has 0 aliphatic carbocycles. The van der Waals surface area contributed by atoms with Crippen molar-refractivity contribution in [2.45, 2.75) is 25.9 Å². The second-order valence-corrected chi connectivity index (χ2v) is 6.26. The van der Waals surface area contributed by atoms with Crippen molar-refractivity contribution in [3.63, 3.8) is 0 Å². The number of piperazine rings is 1. The monoisotopic (exact) mass is 383 g/mol. The van der Waals surface area contributed by atoms with Gasteiger partial charge in [0.1, 0.15) is 0 Å².